The van der Waals surface area contributed by atoms with E-state index in [4.69, 9.17) is 4.74 Å². The van der Waals surface area contributed by atoms with Crippen LogP contribution in [0, 0.1) is 3.57 Å². The van der Waals surface area contributed by atoms with Crippen molar-refractivity contribution in [1.82, 2.24) is 4.57 Å². The van der Waals surface area contributed by atoms with Gasteiger partial charge in [0.25, 0.3) is 0 Å². The van der Waals surface area contributed by atoms with E-state index in [0.29, 0.717) is 0 Å². The highest BCUT2D eigenvalue weighted by Gasteiger charge is 1.99. The minimum Gasteiger partial charge on any atom is -0.494 e. The summed E-state index contributed by atoms with van der Waals surface area (Å²) >= 11 is 2.24. The first-order chi connectivity index (χ1) is 4.24. The highest BCUT2D eigenvalue weighted by atomic mass is 127. The molecule has 0 aromatic carbocycles. The van der Waals surface area contributed by atoms with Crippen LogP contribution in [0.3, 0.4) is 0 Å². The van der Waals surface area contributed by atoms with Crippen LogP contribution in [0.2, 0.25) is 0 Å². The minimum atomic E-state index is 0.943. The van der Waals surface area contributed by atoms with Crippen molar-refractivity contribution in [3.63, 3.8) is 0 Å². The number of aromatic nitrogens is 1. The van der Waals surface area contributed by atoms with Gasteiger partial charge in [0.2, 0.25) is 0 Å². The van der Waals surface area contributed by atoms with Crippen molar-refractivity contribution < 1.29 is 4.74 Å². The number of halogens is 1. The second-order valence-electron chi connectivity index (χ2n) is 1.84. The third kappa shape index (κ3) is 1.38. The van der Waals surface area contributed by atoms with E-state index in [1.54, 1.807) is 7.11 Å². The fourth-order valence-corrected chi connectivity index (χ4v) is 1.48. The summed E-state index contributed by atoms with van der Waals surface area (Å²) in [6, 6.07) is 0. The molecule has 0 saturated heterocycles. The van der Waals surface area contributed by atoms with Crippen molar-refractivity contribution in [2.24, 2.45) is 7.05 Å². The van der Waals surface area contributed by atoms with E-state index in [1.165, 1.54) is 0 Å². The molecule has 1 rings (SSSR count). The molecule has 0 amide bonds. The zero-order valence-electron chi connectivity index (χ0n) is 5.39. The third-order valence-electron chi connectivity index (χ3n) is 1.09. The monoisotopic (exact) mass is 237 g/mol. The van der Waals surface area contributed by atoms with E-state index in [1.807, 2.05) is 24.0 Å². The zero-order valence-corrected chi connectivity index (χ0v) is 7.55. The van der Waals surface area contributed by atoms with Gasteiger partial charge in [-0.05, 0) is 22.6 Å². The van der Waals surface area contributed by atoms with Gasteiger partial charge in [0.15, 0.2) is 0 Å². The number of aryl methyl sites for hydroxylation is 1. The lowest BCUT2D eigenvalue weighted by Crippen LogP contribution is -1.80. The SMILES string of the molecule is COc1cn(C)cc1I. The molecule has 0 radical (unpaired) electrons. The van der Waals surface area contributed by atoms with Crippen LogP contribution in [-0.2, 0) is 7.05 Å². The van der Waals surface area contributed by atoms with Crippen LogP contribution in [0.25, 0.3) is 0 Å². The minimum absolute atomic E-state index is 0.943. The van der Waals surface area contributed by atoms with Gasteiger partial charge in [-0.15, -0.1) is 0 Å². The number of ether oxygens (including phenoxy) is 1. The van der Waals surface area contributed by atoms with Crippen molar-refractivity contribution in [2.75, 3.05) is 7.11 Å². The van der Waals surface area contributed by atoms with Gasteiger partial charge >= 0.3 is 0 Å². The Labute approximate surface area is 68.0 Å². The fraction of sp³-hybridized carbons (Fsp3) is 0.333. The normalized spacial score (nSPS) is 9.67. The number of methoxy groups -OCH3 is 1. The summed E-state index contributed by atoms with van der Waals surface area (Å²) in [6.07, 6.45) is 3.96. The summed E-state index contributed by atoms with van der Waals surface area (Å²) in [7, 11) is 3.65. The van der Waals surface area contributed by atoms with E-state index < -0.39 is 0 Å². The van der Waals surface area contributed by atoms with Crippen LogP contribution >= 0.6 is 22.6 Å². The maximum Gasteiger partial charge on any atom is 0.149 e. The van der Waals surface area contributed by atoms with E-state index in [0.717, 1.165) is 9.32 Å². The van der Waals surface area contributed by atoms with E-state index in [9.17, 15) is 0 Å². The molecule has 1 aromatic rings. The molecular weight excluding hydrogens is 229 g/mol. The lowest BCUT2D eigenvalue weighted by atomic mass is 10.6. The quantitative estimate of drug-likeness (QED) is 0.677. The first-order valence-electron chi connectivity index (χ1n) is 2.59. The predicted molar refractivity (Wildman–Crippen MR) is 44.7 cm³/mol. The Bertz CT molecular complexity index is 207. The van der Waals surface area contributed by atoms with Crippen LogP contribution in [0.1, 0.15) is 0 Å². The van der Waals surface area contributed by atoms with Crippen LogP contribution in [0.5, 0.6) is 5.75 Å². The highest BCUT2D eigenvalue weighted by molar-refractivity contribution is 14.1. The van der Waals surface area contributed by atoms with Gasteiger partial charge in [0.05, 0.1) is 10.7 Å². The van der Waals surface area contributed by atoms with Crippen LogP contribution in [0.4, 0.5) is 0 Å². The third-order valence-corrected chi connectivity index (χ3v) is 1.90. The van der Waals surface area contributed by atoms with E-state index >= 15 is 0 Å². The van der Waals surface area contributed by atoms with Crippen LogP contribution in [0.15, 0.2) is 12.4 Å². The van der Waals surface area contributed by atoms with Gasteiger partial charge < -0.3 is 9.30 Å². The van der Waals surface area contributed by atoms with E-state index in [2.05, 4.69) is 22.6 Å². The summed E-state index contributed by atoms with van der Waals surface area (Å²) < 4.78 is 8.16. The smallest absolute Gasteiger partial charge is 0.149 e. The molecule has 1 aromatic heterocycles. The summed E-state index contributed by atoms with van der Waals surface area (Å²) in [5.41, 5.74) is 0. The molecule has 0 aliphatic carbocycles. The molecule has 0 bridgehead atoms. The second-order valence-corrected chi connectivity index (χ2v) is 3.00. The molecule has 50 valence electrons. The summed E-state index contributed by atoms with van der Waals surface area (Å²) in [4.78, 5) is 0. The maximum absolute atomic E-state index is 5.04. The number of nitrogens with zero attached hydrogens (tertiary/aromatic N) is 1. The van der Waals surface area contributed by atoms with E-state index in [-0.39, 0.29) is 0 Å². The number of hydrogen-bond donors (Lipinski definition) is 0. The molecule has 3 heteroatoms. The van der Waals surface area contributed by atoms with Crippen molar-refractivity contribution in [3.05, 3.63) is 16.0 Å². The molecule has 0 spiro atoms. The topological polar surface area (TPSA) is 14.2 Å². The predicted octanol–water partition coefficient (Wildman–Crippen LogP) is 1.64. The molecule has 0 aliphatic heterocycles. The lowest BCUT2D eigenvalue weighted by Gasteiger charge is -1.91. The largest absolute Gasteiger partial charge is 0.494 e. The molecule has 9 heavy (non-hydrogen) atoms. The average Bonchev–Trinajstić information content (AvgIpc) is 2.10. The fourth-order valence-electron chi connectivity index (χ4n) is 0.676. The molecule has 0 unspecified atom stereocenters. The van der Waals surface area contributed by atoms with Crippen molar-refractivity contribution in [1.29, 1.82) is 0 Å². The first-order valence-corrected chi connectivity index (χ1v) is 3.67. The Balaban J connectivity index is 3.01. The average molecular weight is 237 g/mol. The maximum atomic E-state index is 5.04. The number of rotatable bonds is 1. The Hall–Kier alpha value is -0.190. The molecular formula is C6H8INO. The van der Waals surface area contributed by atoms with Gasteiger partial charge in [-0.3, -0.25) is 0 Å². The van der Waals surface area contributed by atoms with Crippen LogP contribution in [-0.4, -0.2) is 11.7 Å². The molecule has 0 aliphatic rings. The second kappa shape index (κ2) is 2.60. The van der Waals surface area contributed by atoms with Crippen molar-refractivity contribution in [2.45, 2.75) is 0 Å². The molecule has 0 atom stereocenters. The standard InChI is InChI=1S/C6H8INO/c1-8-3-5(7)6(4-8)9-2/h3-4H,1-2H3. The Morgan fingerprint density at radius 2 is 2.22 bits per heavy atom. The van der Waals surface area contributed by atoms with Gasteiger partial charge in [-0.2, -0.15) is 0 Å². The molecule has 1 heterocycles. The zero-order chi connectivity index (χ0) is 6.85. The Morgan fingerprint density at radius 1 is 1.56 bits per heavy atom. The van der Waals surface area contributed by atoms with Crippen molar-refractivity contribution >= 4 is 22.6 Å². The lowest BCUT2D eigenvalue weighted by molar-refractivity contribution is 0.412. The van der Waals surface area contributed by atoms with Gasteiger partial charge in [0.1, 0.15) is 5.75 Å². The number of hydrogen-bond acceptors (Lipinski definition) is 1. The Kier molecular flexibility index (Phi) is 2.00. The molecule has 0 N–H and O–H groups in total. The molecule has 0 saturated carbocycles. The Morgan fingerprint density at radius 3 is 2.44 bits per heavy atom. The summed E-state index contributed by atoms with van der Waals surface area (Å²) in [6.45, 7) is 0. The molecule has 0 fully saturated rings. The summed E-state index contributed by atoms with van der Waals surface area (Å²) in [5.74, 6) is 0.943. The van der Waals surface area contributed by atoms with Gasteiger partial charge in [-0.1, -0.05) is 0 Å². The first kappa shape index (κ1) is 6.92. The summed E-state index contributed by atoms with van der Waals surface area (Å²) in [5, 5.41) is 0. The van der Waals surface area contributed by atoms with Crippen molar-refractivity contribution in [3.8, 4) is 5.75 Å². The molecule has 2 nitrogen and oxygen atoms in total. The van der Waals surface area contributed by atoms with Gasteiger partial charge in [-0.25, -0.2) is 0 Å². The van der Waals surface area contributed by atoms with Gasteiger partial charge in [0, 0.05) is 19.4 Å². The highest BCUT2D eigenvalue weighted by Crippen LogP contribution is 2.19. The van der Waals surface area contributed by atoms with Crippen LogP contribution < -0.4 is 4.74 Å².